The molecule has 0 aliphatic heterocycles. The summed E-state index contributed by atoms with van der Waals surface area (Å²) in [6.45, 7) is 0. The van der Waals surface area contributed by atoms with Gasteiger partial charge in [-0.15, -0.1) is 0 Å². The third-order valence-corrected chi connectivity index (χ3v) is 3.20. The second-order valence-corrected chi connectivity index (χ2v) is 4.63. The molecule has 0 amide bonds. The van der Waals surface area contributed by atoms with Gasteiger partial charge in [-0.3, -0.25) is 0 Å². The van der Waals surface area contributed by atoms with Gasteiger partial charge in [0.2, 0.25) is 0 Å². The third-order valence-electron chi connectivity index (χ3n) is 3.20. The molecule has 1 aliphatic carbocycles. The Morgan fingerprint density at radius 1 is 1.24 bits per heavy atom. The highest BCUT2D eigenvalue weighted by molar-refractivity contribution is 5.90. The molecule has 0 saturated heterocycles. The van der Waals surface area contributed by atoms with Crippen molar-refractivity contribution in [1.82, 2.24) is 0 Å². The first-order valence-electron chi connectivity index (χ1n) is 6.40. The molecule has 1 aromatic rings. The van der Waals surface area contributed by atoms with Crippen LogP contribution in [-0.2, 0) is 14.3 Å². The number of esters is 2. The molecule has 6 heteroatoms. The minimum Gasteiger partial charge on any atom is -0.466 e. The lowest BCUT2D eigenvalue weighted by atomic mass is 9.93. The van der Waals surface area contributed by atoms with Crippen LogP contribution in [0.1, 0.15) is 16.8 Å². The minimum absolute atomic E-state index is 0.0427. The Balaban J connectivity index is 2.11. The van der Waals surface area contributed by atoms with Crippen LogP contribution in [0.2, 0.25) is 0 Å². The molecule has 112 valence electrons. The number of aliphatic hydroxyl groups is 1. The molecule has 2 rings (SSSR count). The SMILES string of the molecule is COC(=O)C1=C[C@H](F)[C@@H](O)[C@H](OC(=O)c2ccccc2)C1. The van der Waals surface area contributed by atoms with E-state index < -0.39 is 30.3 Å². The molecule has 0 radical (unpaired) electrons. The van der Waals surface area contributed by atoms with Gasteiger partial charge in [0, 0.05) is 12.0 Å². The number of hydrogen-bond acceptors (Lipinski definition) is 5. The molecule has 0 spiro atoms. The molecular weight excluding hydrogens is 279 g/mol. The van der Waals surface area contributed by atoms with Crippen molar-refractivity contribution in [2.45, 2.75) is 24.8 Å². The van der Waals surface area contributed by atoms with Crippen molar-refractivity contribution < 1.29 is 28.6 Å². The van der Waals surface area contributed by atoms with E-state index in [0.717, 1.165) is 6.08 Å². The zero-order valence-corrected chi connectivity index (χ0v) is 11.4. The van der Waals surface area contributed by atoms with Gasteiger partial charge in [-0.2, -0.15) is 0 Å². The summed E-state index contributed by atoms with van der Waals surface area (Å²) in [5, 5.41) is 9.76. The lowest BCUT2D eigenvalue weighted by molar-refractivity contribution is -0.137. The van der Waals surface area contributed by atoms with Gasteiger partial charge in [0.15, 0.2) is 0 Å². The summed E-state index contributed by atoms with van der Waals surface area (Å²) in [4.78, 5) is 23.4. The van der Waals surface area contributed by atoms with Gasteiger partial charge in [0.1, 0.15) is 18.4 Å². The highest BCUT2D eigenvalue weighted by Gasteiger charge is 2.37. The van der Waals surface area contributed by atoms with Crippen molar-refractivity contribution in [3.63, 3.8) is 0 Å². The fourth-order valence-electron chi connectivity index (χ4n) is 2.07. The number of carbonyl (C=O) groups is 2. The van der Waals surface area contributed by atoms with Crippen LogP contribution < -0.4 is 0 Å². The Hall–Kier alpha value is -2.21. The summed E-state index contributed by atoms with van der Waals surface area (Å²) in [5.74, 6) is -1.39. The lowest BCUT2D eigenvalue weighted by Gasteiger charge is -2.29. The first-order chi connectivity index (χ1) is 10.0. The van der Waals surface area contributed by atoms with E-state index in [1.54, 1.807) is 30.3 Å². The summed E-state index contributed by atoms with van der Waals surface area (Å²) in [7, 11) is 1.17. The van der Waals surface area contributed by atoms with E-state index in [1.807, 2.05) is 0 Å². The fourth-order valence-corrected chi connectivity index (χ4v) is 2.07. The molecule has 0 fully saturated rings. The van der Waals surface area contributed by atoms with Crippen LogP contribution in [0.25, 0.3) is 0 Å². The minimum atomic E-state index is -1.79. The van der Waals surface area contributed by atoms with E-state index in [9.17, 15) is 19.1 Å². The van der Waals surface area contributed by atoms with Crippen molar-refractivity contribution in [2.24, 2.45) is 0 Å². The number of methoxy groups -OCH3 is 1. The smallest absolute Gasteiger partial charge is 0.338 e. The van der Waals surface area contributed by atoms with Crippen molar-refractivity contribution in [2.75, 3.05) is 7.11 Å². The molecule has 21 heavy (non-hydrogen) atoms. The number of benzene rings is 1. The zero-order valence-electron chi connectivity index (χ0n) is 11.4. The van der Waals surface area contributed by atoms with Gasteiger partial charge in [-0.1, -0.05) is 18.2 Å². The van der Waals surface area contributed by atoms with Crippen molar-refractivity contribution >= 4 is 11.9 Å². The van der Waals surface area contributed by atoms with E-state index in [-0.39, 0.29) is 17.6 Å². The summed E-state index contributed by atoms with van der Waals surface area (Å²) >= 11 is 0. The number of alkyl halides is 1. The number of halogens is 1. The molecule has 0 aromatic heterocycles. The number of ether oxygens (including phenoxy) is 2. The van der Waals surface area contributed by atoms with Gasteiger partial charge >= 0.3 is 11.9 Å². The van der Waals surface area contributed by atoms with E-state index in [2.05, 4.69) is 4.74 Å². The maximum absolute atomic E-state index is 13.7. The topological polar surface area (TPSA) is 72.8 Å². The molecule has 1 aromatic carbocycles. The number of hydrogen-bond donors (Lipinski definition) is 1. The standard InChI is InChI=1S/C15H15FO5/c1-20-14(18)10-7-11(16)13(17)12(8-10)21-15(19)9-5-3-2-4-6-9/h2-7,11-13,17H,8H2,1H3/t11-,12+,13+/m0/s1. The summed E-state index contributed by atoms with van der Waals surface area (Å²) in [5.41, 5.74) is 0.329. The fraction of sp³-hybridized carbons (Fsp3) is 0.333. The van der Waals surface area contributed by atoms with Crippen LogP contribution in [0.5, 0.6) is 0 Å². The molecule has 3 atom stereocenters. The second kappa shape index (κ2) is 6.49. The Morgan fingerprint density at radius 3 is 2.52 bits per heavy atom. The Bertz CT molecular complexity index is 554. The van der Waals surface area contributed by atoms with Gasteiger partial charge in [0.25, 0.3) is 0 Å². The van der Waals surface area contributed by atoms with Crippen LogP contribution in [-0.4, -0.2) is 42.5 Å². The van der Waals surface area contributed by atoms with Gasteiger partial charge in [0.05, 0.1) is 12.7 Å². The lowest BCUT2D eigenvalue weighted by Crippen LogP contribution is -2.42. The van der Waals surface area contributed by atoms with Crippen molar-refractivity contribution in [3.8, 4) is 0 Å². The monoisotopic (exact) mass is 294 g/mol. The van der Waals surface area contributed by atoms with Crippen LogP contribution in [0.15, 0.2) is 42.0 Å². The Morgan fingerprint density at radius 2 is 1.90 bits per heavy atom. The zero-order chi connectivity index (χ0) is 15.4. The van der Waals surface area contributed by atoms with Crippen LogP contribution in [0, 0.1) is 0 Å². The Kier molecular flexibility index (Phi) is 4.70. The van der Waals surface area contributed by atoms with Crippen LogP contribution >= 0.6 is 0 Å². The predicted molar refractivity (Wildman–Crippen MR) is 71.3 cm³/mol. The first kappa shape index (κ1) is 15.2. The molecule has 1 N–H and O–H groups in total. The summed E-state index contributed by atoms with van der Waals surface area (Å²) < 4.78 is 23.3. The van der Waals surface area contributed by atoms with E-state index in [0.29, 0.717) is 0 Å². The molecular formula is C15H15FO5. The number of carbonyl (C=O) groups excluding carboxylic acids is 2. The van der Waals surface area contributed by atoms with Gasteiger partial charge < -0.3 is 14.6 Å². The highest BCUT2D eigenvalue weighted by atomic mass is 19.1. The van der Waals surface area contributed by atoms with Crippen molar-refractivity contribution in [3.05, 3.63) is 47.5 Å². The van der Waals surface area contributed by atoms with E-state index >= 15 is 0 Å². The average Bonchev–Trinajstić information content (AvgIpc) is 2.51. The predicted octanol–water partition coefficient (Wildman–Crippen LogP) is 1.41. The van der Waals surface area contributed by atoms with Crippen LogP contribution in [0.4, 0.5) is 4.39 Å². The Labute approximate surface area is 121 Å². The molecule has 0 heterocycles. The quantitative estimate of drug-likeness (QED) is 0.853. The molecule has 0 unspecified atom stereocenters. The first-order valence-corrected chi connectivity index (χ1v) is 6.40. The number of aliphatic hydroxyl groups excluding tert-OH is 1. The molecule has 0 bridgehead atoms. The van der Waals surface area contributed by atoms with Gasteiger partial charge in [-0.05, 0) is 18.2 Å². The maximum Gasteiger partial charge on any atom is 0.338 e. The van der Waals surface area contributed by atoms with E-state index in [1.165, 1.54) is 7.11 Å². The van der Waals surface area contributed by atoms with Crippen LogP contribution in [0.3, 0.4) is 0 Å². The average molecular weight is 294 g/mol. The second-order valence-electron chi connectivity index (χ2n) is 4.63. The summed E-state index contributed by atoms with van der Waals surface area (Å²) in [6, 6.07) is 8.14. The van der Waals surface area contributed by atoms with E-state index in [4.69, 9.17) is 4.74 Å². The third kappa shape index (κ3) is 3.46. The molecule has 1 aliphatic rings. The molecule has 0 saturated carbocycles. The largest absolute Gasteiger partial charge is 0.466 e. The van der Waals surface area contributed by atoms with Gasteiger partial charge in [-0.25, -0.2) is 14.0 Å². The van der Waals surface area contributed by atoms with Crippen molar-refractivity contribution in [1.29, 1.82) is 0 Å². The highest BCUT2D eigenvalue weighted by Crippen LogP contribution is 2.25. The molecule has 5 nitrogen and oxygen atoms in total. The summed E-state index contributed by atoms with van der Waals surface area (Å²) in [6.07, 6.45) is -3.53. The maximum atomic E-state index is 13.7. The normalized spacial score (nSPS) is 24.9. The number of rotatable bonds is 3.